The standard InChI is InChI=1S/C20H14Cl2N2/c21-17-9-5-15(6-10-17)19(23)13-1-2-14(4-3-13)20(24)16-7-11-18(22)12-8-16/h1-12,23-24H. The molecule has 0 bridgehead atoms. The first kappa shape index (κ1) is 16.4. The lowest BCUT2D eigenvalue weighted by Gasteiger charge is -2.08. The monoisotopic (exact) mass is 352 g/mol. The smallest absolute Gasteiger partial charge is 0.0684 e. The van der Waals surface area contributed by atoms with Gasteiger partial charge in [-0.25, -0.2) is 0 Å². The van der Waals surface area contributed by atoms with Gasteiger partial charge in [0.05, 0.1) is 11.4 Å². The van der Waals surface area contributed by atoms with Crippen molar-refractivity contribution in [3.05, 3.63) is 105 Å². The number of nitrogens with one attached hydrogen (secondary N) is 2. The summed E-state index contributed by atoms with van der Waals surface area (Å²) in [6.45, 7) is 0. The third-order valence-corrected chi connectivity index (χ3v) is 4.23. The summed E-state index contributed by atoms with van der Waals surface area (Å²) in [5.74, 6) is 0. The lowest BCUT2D eigenvalue weighted by Crippen LogP contribution is -2.04. The van der Waals surface area contributed by atoms with Crippen LogP contribution < -0.4 is 0 Å². The van der Waals surface area contributed by atoms with Crippen LogP contribution in [0, 0.1) is 10.8 Å². The Kier molecular flexibility index (Phi) is 4.79. The fraction of sp³-hybridized carbons (Fsp3) is 0. The number of halogens is 2. The molecule has 2 nitrogen and oxygen atoms in total. The van der Waals surface area contributed by atoms with Crippen LogP contribution in [0.3, 0.4) is 0 Å². The molecule has 0 aliphatic rings. The molecule has 2 N–H and O–H groups in total. The van der Waals surface area contributed by atoms with Crippen molar-refractivity contribution in [2.24, 2.45) is 0 Å². The molecule has 3 aromatic carbocycles. The maximum Gasteiger partial charge on any atom is 0.0684 e. The highest BCUT2D eigenvalue weighted by atomic mass is 35.5. The molecule has 0 amide bonds. The van der Waals surface area contributed by atoms with Gasteiger partial charge in [-0.1, -0.05) is 71.7 Å². The molecule has 0 saturated heterocycles. The van der Waals surface area contributed by atoms with Crippen LogP contribution in [0.4, 0.5) is 0 Å². The molecule has 4 heteroatoms. The summed E-state index contributed by atoms with van der Waals surface area (Å²) in [5, 5.41) is 17.9. The molecule has 0 unspecified atom stereocenters. The molecule has 0 saturated carbocycles. The number of benzene rings is 3. The van der Waals surface area contributed by atoms with Gasteiger partial charge in [0, 0.05) is 32.3 Å². The highest BCUT2D eigenvalue weighted by molar-refractivity contribution is 6.31. The third kappa shape index (κ3) is 3.56. The van der Waals surface area contributed by atoms with E-state index in [9.17, 15) is 0 Å². The molecule has 24 heavy (non-hydrogen) atoms. The summed E-state index contributed by atoms with van der Waals surface area (Å²) >= 11 is 11.8. The van der Waals surface area contributed by atoms with E-state index in [1.807, 2.05) is 48.5 Å². The second-order valence-corrected chi connectivity index (χ2v) is 6.21. The van der Waals surface area contributed by atoms with E-state index in [4.69, 9.17) is 34.0 Å². The van der Waals surface area contributed by atoms with Gasteiger partial charge in [-0.3, -0.25) is 10.8 Å². The van der Waals surface area contributed by atoms with Crippen molar-refractivity contribution in [3.8, 4) is 0 Å². The fourth-order valence-electron chi connectivity index (χ4n) is 2.37. The summed E-state index contributed by atoms with van der Waals surface area (Å²) in [6, 6.07) is 21.8. The summed E-state index contributed by atoms with van der Waals surface area (Å²) in [6.07, 6.45) is 0. The summed E-state index contributed by atoms with van der Waals surface area (Å²) < 4.78 is 0. The maximum atomic E-state index is 8.30. The second-order valence-electron chi connectivity index (χ2n) is 5.34. The summed E-state index contributed by atoms with van der Waals surface area (Å²) in [7, 11) is 0. The van der Waals surface area contributed by atoms with E-state index in [0.717, 1.165) is 22.3 Å². The molecule has 3 aromatic rings. The van der Waals surface area contributed by atoms with Crippen molar-refractivity contribution in [3.63, 3.8) is 0 Å². The Morgan fingerprint density at radius 2 is 0.667 bits per heavy atom. The van der Waals surface area contributed by atoms with Crippen molar-refractivity contribution in [1.29, 1.82) is 10.8 Å². The van der Waals surface area contributed by atoms with Crippen LogP contribution in [0.15, 0.2) is 72.8 Å². The van der Waals surface area contributed by atoms with E-state index in [-0.39, 0.29) is 0 Å². The highest BCUT2D eigenvalue weighted by Gasteiger charge is 2.08. The van der Waals surface area contributed by atoms with Crippen molar-refractivity contribution < 1.29 is 0 Å². The van der Waals surface area contributed by atoms with Gasteiger partial charge in [0.15, 0.2) is 0 Å². The average molecular weight is 353 g/mol. The van der Waals surface area contributed by atoms with Crippen LogP contribution in [-0.2, 0) is 0 Å². The zero-order valence-corrected chi connectivity index (χ0v) is 14.2. The Balaban J connectivity index is 1.82. The molecule has 0 aromatic heterocycles. The van der Waals surface area contributed by atoms with Crippen molar-refractivity contribution in [2.45, 2.75) is 0 Å². The Hall–Kier alpha value is -2.42. The summed E-state index contributed by atoms with van der Waals surface area (Å²) in [5.41, 5.74) is 4.06. The molecule has 118 valence electrons. The molecule has 0 aliphatic carbocycles. The molecule has 0 heterocycles. The largest absolute Gasteiger partial charge is 0.300 e. The van der Waals surface area contributed by atoms with Crippen LogP contribution in [-0.4, -0.2) is 11.4 Å². The second kappa shape index (κ2) is 7.00. The lowest BCUT2D eigenvalue weighted by atomic mass is 9.98. The van der Waals surface area contributed by atoms with Crippen LogP contribution in [0.25, 0.3) is 0 Å². The van der Waals surface area contributed by atoms with Crippen LogP contribution >= 0.6 is 23.2 Å². The van der Waals surface area contributed by atoms with E-state index in [1.54, 1.807) is 24.3 Å². The average Bonchev–Trinajstić information content (AvgIpc) is 2.62. The predicted octanol–water partition coefficient (Wildman–Crippen LogP) is 5.83. The Morgan fingerprint density at radius 3 is 0.917 bits per heavy atom. The van der Waals surface area contributed by atoms with Gasteiger partial charge in [0.1, 0.15) is 0 Å². The fourth-order valence-corrected chi connectivity index (χ4v) is 2.62. The van der Waals surface area contributed by atoms with Gasteiger partial charge in [-0.15, -0.1) is 0 Å². The zero-order valence-electron chi connectivity index (χ0n) is 12.7. The zero-order chi connectivity index (χ0) is 17.1. The number of hydrogen-bond donors (Lipinski definition) is 2. The minimum absolute atomic E-state index is 0.427. The molecule has 0 fully saturated rings. The number of hydrogen-bond acceptors (Lipinski definition) is 2. The first-order chi connectivity index (χ1) is 11.5. The SMILES string of the molecule is N=C(c1ccc(Cl)cc1)c1ccc(C(=N)c2ccc(Cl)cc2)cc1. The molecular weight excluding hydrogens is 339 g/mol. The van der Waals surface area contributed by atoms with Gasteiger partial charge in [-0.05, 0) is 24.3 Å². The molecule has 0 atom stereocenters. The first-order valence-electron chi connectivity index (χ1n) is 7.34. The van der Waals surface area contributed by atoms with E-state index in [2.05, 4.69) is 0 Å². The van der Waals surface area contributed by atoms with Crippen LogP contribution in [0.5, 0.6) is 0 Å². The molecular formula is C20H14Cl2N2. The van der Waals surface area contributed by atoms with Crippen molar-refractivity contribution >= 4 is 34.6 Å². The Labute approximate surface area is 150 Å². The minimum atomic E-state index is 0.427. The molecule has 3 rings (SSSR count). The maximum absolute atomic E-state index is 8.30. The van der Waals surface area contributed by atoms with Gasteiger partial charge in [0.2, 0.25) is 0 Å². The summed E-state index contributed by atoms with van der Waals surface area (Å²) in [4.78, 5) is 0. The number of rotatable bonds is 4. The van der Waals surface area contributed by atoms with Gasteiger partial charge in [0.25, 0.3) is 0 Å². The van der Waals surface area contributed by atoms with E-state index >= 15 is 0 Å². The van der Waals surface area contributed by atoms with Crippen LogP contribution in [0.2, 0.25) is 10.0 Å². The van der Waals surface area contributed by atoms with Gasteiger partial charge < -0.3 is 0 Å². The lowest BCUT2D eigenvalue weighted by molar-refractivity contribution is 1.43. The first-order valence-corrected chi connectivity index (χ1v) is 8.10. The quantitative estimate of drug-likeness (QED) is 0.555. The van der Waals surface area contributed by atoms with Crippen LogP contribution in [0.1, 0.15) is 22.3 Å². The predicted molar refractivity (Wildman–Crippen MR) is 101 cm³/mol. The van der Waals surface area contributed by atoms with Crippen molar-refractivity contribution in [2.75, 3.05) is 0 Å². The normalized spacial score (nSPS) is 10.4. The molecule has 0 spiro atoms. The molecule has 0 aliphatic heterocycles. The van der Waals surface area contributed by atoms with Crippen molar-refractivity contribution in [1.82, 2.24) is 0 Å². The topological polar surface area (TPSA) is 47.7 Å². The van der Waals surface area contributed by atoms with E-state index in [1.165, 1.54) is 0 Å². The minimum Gasteiger partial charge on any atom is -0.300 e. The molecule has 0 radical (unpaired) electrons. The Morgan fingerprint density at radius 1 is 0.458 bits per heavy atom. The van der Waals surface area contributed by atoms with E-state index < -0.39 is 0 Å². The van der Waals surface area contributed by atoms with Gasteiger partial charge >= 0.3 is 0 Å². The van der Waals surface area contributed by atoms with Gasteiger partial charge in [-0.2, -0.15) is 0 Å². The third-order valence-electron chi connectivity index (χ3n) is 3.73. The van der Waals surface area contributed by atoms with E-state index in [0.29, 0.717) is 21.5 Å². The highest BCUT2D eigenvalue weighted by Crippen LogP contribution is 2.17. The Bertz CT molecular complexity index is 804.